The largest absolute Gasteiger partial charge is 0.331 e. The van der Waals surface area contributed by atoms with E-state index >= 15 is 0 Å². The molecule has 2 aromatic carbocycles. The first-order valence-electron chi connectivity index (χ1n) is 8.72. The molecule has 3 rings (SSSR count). The number of fused-ring (bicyclic) bond motifs is 1. The molecule has 0 aromatic heterocycles. The molecular weight excluding hydrogens is 376 g/mol. The highest BCUT2D eigenvalue weighted by atomic mass is 79.9. The predicted octanol–water partition coefficient (Wildman–Crippen LogP) is 5.36. The Hall–Kier alpha value is -2.07. The molecule has 0 aliphatic heterocycles. The predicted molar refractivity (Wildman–Crippen MR) is 106 cm³/mol. The van der Waals surface area contributed by atoms with Gasteiger partial charge in [0.25, 0.3) is 0 Å². The minimum absolute atomic E-state index is 0.0201. The second-order valence-corrected chi connectivity index (χ2v) is 7.38. The Morgan fingerprint density at radius 1 is 1.08 bits per heavy atom. The number of halogens is 1. The Morgan fingerprint density at radius 3 is 2.56 bits per heavy atom. The van der Waals surface area contributed by atoms with Crippen molar-refractivity contribution in [3.8, 4) is 0 Å². The topological polar surface area (TPSA) is 41.1 Å². The van der Waals surface area contributed by atoms with Gasteiger partial charge >= 0.3 is 6.03 Å². The van der Waals surface area contributed by atoms with Crippen molar-refractivity contribution in [1.82, 2.24) is 10.6 Å². The summed E-state index contributed by atoms with van der Waals surface area (Å²) in [4.78, 5) is 12.1. The quantitative estimate of drug-likeness (QED) is 0.714. The van der Waals surface area contributed by atoms with Gasteiger partial charge in [-0.2, -0.15) is 0 Å². The van der Waals surface area contributed by atoms with Crippen LogP contribution in [-0.4, -0.2) is 6.03 Å². The number of urea groups is 1. The molecule has 130 valence electrons. The maximum Gasteiger partial charge on any atom is 0.319 e. The Kier molecular flexibility index (Phi) is 5.92. The molecule has 0 saturated carbocycles. The second-order valence-electron chi connectivity index (χ2n) is 6.46. The SMILES string of the molecule is CC(NC(=O)N/C=C/c1ccc(Br)cc1)c1ccc2c(c1)CCCC2. The number of carbonyl (C=O) groups excluding carboxylic acids is 1. The molecule has 0 radical (unpaired) electrons. The molecule has 25 heavy (non-hydrogen) atoms. The fourth-order valence-corrected chi connectivity index (χ4v) is 3.40. The molecule has 2 N–H and O–H groups in total. The van der Waals surface area contributed by atoms with Crippen molar-refractivity contribution in [2.75, 3.05) is 0 Å². The van der Waals surface area contributed by atoms with Crippen LogP contribution in [0.4, 0.5) is 4.79 Å². The number of benzene rings is 2. The number of aryl methyl sites for hydroxylation is 2. The molecule has 0 saturated heterocycles. The van der Waals surface area contributed by atoms with E-state index in [9.17, 15) is 4.79 Å². The van der Waals surface area contributed by atoms with Gasteiger partial charge in [0.15, 0.2) is 0 Å². The Morgan fingerprint density at radius 2 is 1.80 bits per heavy atom. The van der Waals surface area contributed by atoms with Crippen LogP contribution in [0.2, 0.25) is 0 Å². The van der Waals surface area contributed by atoms with Gasteiger partial charge in [0.2, 0.25) is 0 Å². The van der Waals surface area contributed by atoms with Gasteiger partial charge in [0.05, 0.1) is 6.04 Å². The van der Waals surface area contributed by atoms with E-state index < -0.39 is 0 Å². The molecule has 0 fully saturated rings. The molecule has 1 atom stereocenters. The maximum absolute atomic E-state index is 12.1. The number of carbonyl (C=O) groups is 1. The Labute approximate surface area is 157 Å². The molecule has 1 aliphatic rings. The summed E-state index contributed by atoms with van der Waals surface area (Å²) in [6.07, 6.45) is 8.41. The fraction of sp³-hybridized carbons (Fsp3) is 0.286. The van der Waals surface area contributed by atoms with Crippen LogP contribution in [0.3, 0.4) is 0 Å². The van der Waals surface area contributed by atoms with E-state index in [1.165, 1.54) is 30.4 Å². The molecule has 1 unspecified atom stereocenters. The lowest BCUT2D eigenvalue weighted by molar-refractivity contribution is 0.241. The van der Waals surface area contributed by atoms with E-state index in [0.717, 1.165) is 22.0 Å². The fourth-order valence-electron chi connectivity index (χ4n) is 3.13. The van der Waals surface area contributed by atoms with Gasteiger partial charge < -0.3 is 10.6 Å². The van der Waals surface area contributed by atoms with Crippen LogP contribution in [0.15, 0.2) is 53.1 Å². The van der Waals surface area contributed by atoms with Gasteiger partial charge in [-0.1, -0.05) is 46.3 Å². The summed E-state index contributed by atoms with van der Waals surface area (Å²) < 4.78 is 1.04. The summed E-state index contributed by atoms with van der Waals surface area (Å²) in [6, 6.07) is 14.3. The number of nitrogens with one attached hydrogen (secondary N) is 2. The summed E-state index contributed by atoms with van der Waals surface area (Å²) in [5.41, 5.74) is 5.09. The zero-order valence-electron chi connectivity index (χ0n) is 14.4. The van der Waals surface area contributed by atoms with Gasteiger partial charge in [-0.15, -0.1) is 0 Å². The minimum atomic E-state index is -0.196. The van der Waals surface area contributed by atoms with Gasteiger partial charge in [-0.25, -0.2) is 4.79 Å². The van der Waals surface area contributed by atoms with E-state index in [2.05, 4.69) is 44.8 Å². The van der Waals surface area contributed by atoms with Gasteiger partial charge in [0, 0.05) is 10.7 Å². The normalized spacial score (nSPS) is 14.8. The molecular formula is C21H23BrN2O. The van der Waals surface area contributed by atoms with E-state index in [-0.39, 0.29) is 12.1 Å². The van der Waals surface area contributed by atoms with Crippen molar-refractivity contribution in [2.24, 2.45) is 0 Å². The molecule has 0 heterocycles. The van der Waals surface area contributed by atoms with Crippen molar-refractivity contribution in [3.63, 3.8) is 0 Å². The molecule has 4 heteroatoms. The molecule has 3 nitrogen and oxygen atoms in total. The molecule has 0 bridgehead atoms. The Bertz CT molecular complexity index is 768. The highest BCUT2D eigenvalue weighted by molar-refractivity contribution is 9.10. The first-order valence-corrected chi connectivity index (χ1v) is 9.52. The van der Waals surface area contributed by atoms with Gasteiger partial charge in [0.1, 0.15) is 0 Å². The smallest absolute Gasteiger partial charge is 0.319 e. The lowest BCUT2D eigenvalue weighted by Gasteiger charge is -2.20. The summed E-state index contributed by atoms with van der Waals surface area (Å²) in [7, 11) is 0. The minimum Gasteiger partial charge on any atom is -0.331 e. The van der Waals surface area contributed by atoms with E-state index in [0.29, 0.717) is 0 Å². The van der Waals surface area contributed by atoms with Crippen LogP contribution in [-0.2, 0) is 12.8 Å². The maximum atomic E-state index is 12.1. The standard InChI is InChI=1S/C21H23BrN2O/c1-15(18-9-8-17-4-2-3-5-19(17)14-18)24-21(25)23-13-12-16-6-10-20(22)11-7-16/h6-15H,2-5H2,1H3,(H2,23,24,25)/b13-12+. The summed E-state index contributed by atoms with van der Waals surface area (Å²) in [6.45, 7) is 2.02. The molecule has 2 amide bonds. The first kappa shape index (κ1) is 17.7. The average Bonchev–Trinajstić information content (AvgIpc) is 2.63. The van der Waals surface area contributed by atoms with Crippen LogP contribution in [0, 0.1) is 0 Å². The van der Waals surface area contributed by atoms with Crippen molar-refractivity contribution in [1.29, 1.82) is 0 Å². The van der Waals surface area contributed by atoms with Crippen LogP contribution in [0.25, 0.3) is 6.08 Å². The van der Waals surface area contributed by atoms with Crippen LogP contribution < -0.4 is 10.6 Å². The molecule has 1 aliphatic carbocycles. The van der Waals surface area contributed by atoms with Crippen molar-refractivity contribution in [2.45, 2.75) is 38.6 Å². The van der Waals surface area contributed by atoms with Crippen LogP contribution >= 0.6 is 15.9 Å². The van der Waals surface area contributed by atoms with Crippen molar-refractivity contribution in [3.05, 3.63) is 75.4 Å². The zero-order chi connectivity index (χ0) is 17.6. The molecule has 0 spiro atoms. The van der Waals surface area contributed by atoms with Gasteiger partial charge in [-0.3, -0.25) is 0 Å². The van der Waals surface area contributed by atoms with E-state index in [1.807, 2.05) is 37.3 Å². The lowest BCUT2D eigenvalue weighted by Crippen LogP contribution is -2.34. The van der Waals surface area contributed by atoms with Crippen molar-refractivity contribution >= 4 is 28.0 Å². The highest BCUT2D eigenvalue weighted by Gasteiger charge is 2.13. The third-order valence-electron chi connectivity index (χ3n) is 4.58. The number of hydrogen-bond donors (Lipinski definition) is 2. The summed E-state index contributed by atoms with van der Waals surface area (Å²) in [5, 5.41) is 5.76. The number of hydrogen-bond acceptors (Lipinski definition) is 1. The van der Waals surface area contributed by atoms with E-state index in [1.54, 1.807) is 6.20 Å². The summed E-state index contributed by atoms with van der Waals surface area (Å²) >= 11 is 3.41. The first-order chi connectivity index (χ1) is 12.1. The van der Waals surface area contributed by atoms with Crippen molar-refractivity contribution < 1.29 is 4.79 Å². The summed E-state index contributed by atoms with van der Waals surface area (Å²) in [5.74, 6) is 0. The lowest BCUT2D eigenvalue weighted by atomic mass is 9.89. The van der Waals surface area contributed by atoms with Crippen LogP contribution in [0.5, 0.6) is 0 Å². The highest BCUT2D eigenvalue weighted by Crippen LogP contribution is 2.24. The van der Waals surface area contributed by atoms with Gasteiger partial charge in [-0.05, 0) is 73.1 Å². The second kappa shape index (κ2) is 8.34. The number of amides is 2. The van der Waals surface area contributed by atoms with Crippen LogP contribution in [0.1, 0.15) is 48.1 Å². The monoisotopic (exact) mass is 398 g/mol. The third-order valence-corrected chi connectivity index (χ3v) is 5.11. The van der Waals surface area contributed by atoms with E-state index in [4.69, 9.17) is 0 Å². The third kappa shape index (κ3) is 4.95. The number of rotatable bonds is 4. The zero-order valence-corrected chi connectivity index (χ0v) is 16.0. The molecule has 2 aromatic rings. The average molecular weight is 399 g/mol. The Balaban J connectivity index is 1.54.